The molecule has 0 aliphatic carbocycles. The first-order valence-electron chi connectivity index (χ1n) is 7.92. The van der Waals surface area contributed by atoms with E-state index < -0.39 is 0 Å². The molecule has 24 heavy (non-hydrogen) atoms. The third kappa shape index (κ3) is 1.75. The largest absolute Gasteiger partial charge is 0.332 e. The minimum Gasteiger partial charge on any atom is -0.310 e. The number of aryl methyl sites for hydroxylation is 2. The highest BCUT2D eigenvalue weighted by Gasteiger charge is 2.29. The Hall–Kier alpha value is -2.83. The Morgan fingerprint density at radius 3 is 2.54 bits per heavy atom. The van der Waals surface area contributed by atoms with Crippen LogP contribution in [0.5, 0.6) is 0 Å². The van der Waals surface area contributed by atoms with Gasteiger partial charge in [0.2, 0.25) is 5.95 Å². The molecule has 0 unspecified atom stereocenters. The Labute approximate surface area is 138 Å². The minimum absolute atomic E-state index is 0.297. The molecular formula is C17H19N5O2. The van der Waals surface area contributed by atoms with E-state index in [1.54, 1.807) is 7.05 Å². The molecular weight excluding hydrogens is 306 g/mol. The van der Waals surface area contributed by atoms with Gasteiger partial charge in [-0.15, -0.1) is 0 Å². The fourth-order valence-corrected chi connectivity index (χ4v) is 3.41. The molecule has 0 fully saturated rings. The quantitative estimate of drug-likeness (QED) is 0.674. The van der Waals surface area contributed by atoms with Crippen LogP contribution in [-0.2, 0) is 20.6 Å². The summed E-state index contributed by atoms with van der Waals surface area (Å²) in [5.74, 6) is 0.719. The summed E-state index contributed by atoms with van der Waals surface area (Å²) in [6.45, 7) is 5.60. The molecule has 124 valence electrons. The van der Waals surface area contributed by atoms with Crippen LogP contribution in [0.4, 0.5) is 11.6 Å². The first-order valence-corrected chi connectivity index (χ1v) is 7.92. The van der Waals surface area contributed by atoms with E-state index in [0.29, 0.717) is 17.7 Å². The van der Waals surface area contributed by atoms with Crippen molar-refractivity contribution in [3.63, 3.8) is 0 Å². The Kier molecular flexibility index (Phi) is 2.97. The number of imidazole rings is 1. The average molecular weight is 325 g/mol. The van der Waals surface area contributed by atoms with E-state index in [-0.39, 0.29) is 11.2 Å². The molecule has 1 aliphatic rings. The number of rotatable bonds is 1. The molecule has 7 nitrogen and oxygen atoms in total. The van der Waals surface area contributed by atoms with E-state index in [1.165, 1.54) is 22.7 Å². The summed E-state index contributed by atoms with van der Waals surface area (Å²) in [4.78, 5) is 31.4. The molecule has 0 radical (unpaired) electrons. The van der Waals surface area contributed by atoms with E-state index >= 15 is 0 Å². The lowest BCUT2D eigenvalue weighted by molar-refractivity contribution is 0.700. The van der Waals surface area contributed by atoms with Gasteiger partial charge in [-0.2, -0.15) is 4.98 Å². The summed E-state index contributed by atoms with van der Waals surface area (Å²) >= 11 is 0. The average Bonchev–Trinajstić information content (AvgIpc) is 3.13. The van der Waals surface area contributed by atoms with Gasteiger partial charge < -0.3 is 9.47 Å². The van der Waals surface area contributed by atoms with Crippen molar-refractivity contribution in [3.8, 4) is 0 Å². The van der Waals surface area contributed by atoms with Gasteiger partial charge in [-0.25, -0.2) is 4.79 Å². The zero-order valence-corrected chi connectivity index (χ0v) is 14.2. The molecule has 1 aromatic carbocycles. The lowest BCUT2D eigenvalue weighted by Crippen LogP contribution is -2.37. The second-order valence-corrected chi connectivity index (χ2v) is 6.31. The van der Waals surface area contributed by atoms with E-state index in [0.717, 1.165) is 22.7 Å². The molecule has 0 saturated heterocycles. The van der Waals surface area contributed by atoms with E-state index in [2.05, 4.69) is 35.9 Å². The van der Waals surface area contributed by atoms with Gasteiger partial charge in [0.1, 0.15) is 0 Å². The second kappa shape index (κ2) is 4.83. The van der Waals surface area contributed by atoms with Gasteiger partial charge in [0.25, 0.3) is 5.56 Å². The highest BCUT2D eigenvalue weighted by Crippen LogP contribution is 2.34. The smallest absolute Gasteiger partial charge is 0.310 e. The predicted octanol–water partition coefficient (Wildman–Crippen LogP) is 1.20. The number of fused-ring (bicyclic) bond motifs is 3. The zero-order chi connectivity index (χ0) is 17.2. The topological polar surface area (TPSA) is 65.1 Å². The van der Waals surface area contributed by atoms with Gasteiger partial charge in [-0.3, -0.25) is 13.9 Å². The maximum absolute atomic E-state index is 12.6. The Morgan fingerprint density at radius 1 is 1.04 bits per heavy atom. The third-order valence-electron chi connectivity index (χ3n) is 4.98. The predicted molar refractivity (Wildman–Crippen MR) is 93.1 cm³/mol. The van der Waals surface area contributed by atoms with E-state index in [1.807, 2.05) is 10.6 Å². The molecule has 3 aromatic rings. The van der Waals surface area contributed by atoms with Crippen molar-refractivity contribution in [1.29, 1.82) is 0 Å². The zero-order valence-electron chi connectivity index (χ0n) is 14.2. The molecule has 0 spiro atoms. The first kappa shape index (κ1) is 14.7. The lowest BCUT2D eigenvalue weighted by atomic mass is 10.1. The van der Waals surface area contributed by atoms with Crippen LogP contribution in [0, 0.1) is 13.8 Å². The van der Waals surface area contributed by atoms with Crippen LogP contribution in [0.3, 0.4) is 0 Å². The number of anilines is 2. The summed E-state index contributed by atoms with van der Waals surface area (Å²) in [6.07, 6.45) is 0. The molecule has 4 rings (SSSR count). The summed E-state index contributed by atoms with van der Waals surface area (Å²) in [5.41, 5.74) is 3.77. The molecule has 0 amide bonds. The van der Waals surface area contributed by atoms with Crippen molar-refractivity contribution in [2.24, 2.45) is 14.1 Å². The van der Waals surface area contributed by atoms with Crippen molar-refractivity contribution < 1.29 is 0 Å². The second-order valence-electron chi connectivity index (χ2n) is 6.31. The van der Waals surface area contributed by atoms with Crippen LogP contribution < -0.4 is 16.1 Å². The number of benzene rings is 1. The van der Waals surface area contributed by atoms with Crippen molar-refractivity contribution in [3.05, 3.63) is 50.2 Å². The minimum atomic E-state index is -0.359. The number of hydrogen-bond donors (Lipinski definition) is 0. The fraction of sp³-hybridized carbons (Fsp3) is 0.353. The van der Waals surface area contributed by atoms with Crippen LogP contribution in [0.25, 0.3) is 11.2 Å². The van der Waals surface area contributed by atoms with Gasteiger partial charge in [0.05, 0.1) is 0 Å². The molecule has 0 atom stereocenters. The first-order chi connectivity index (χ1) is 11.4. The lowest BCUT2D eigenvalue weighted by Gasteiger charge is -2.19. The summed E-state index contributed by atoms with van der Waals surface area (Å²) < 4.78 is 4.49. The van der Waals surface area contributed by atoms with Gasteiger partial charge in [-0.05, 0) is 31.0 Å². The van der Waals surface area contributed by atoms with Gasteiger partial charge in [-0.1, -0.05) is 12.1 Å². The number of hydrogen-bond acceptors (Lipinski definition) is 4. The van der Waals surface area contributed by atoms with Crippen molar-refractivity contribution in [2.75, 3.05) is 11.4 Å². The summed E-state index contributed by atoms with van der Waals surface area (Å²) in [6, 6.07) is 6.17. The van der Waals surface area contributed by atoms with Crippen molar-refractivity contribution >= 4 is 22.8 Å². The third-order valence-corrected chi connectivity index (χ3v) is 4.98. The molecule has 2 aromatic heterocycles. The highest BCUT2D eigenvalue weighted by atomic mass is 16.2. The molecule has 3 heterocycles. The fourth-order valence-electron chi connectivity index (χ4n) is 3.41. The molecule has 0 N–H and O–H groups in total. The summed E-state index contributed by atoms with van der Waals surface area (Å²) in [5, 5.41) is 0. The van der Waals surface area contributed by atoms with Crippen LogP contribution in [-0.4, -0.2) is 25.2 Å². The highest BCUT2D eigenvalue weighted by molar-refractivity contribution is 5.78. The Morgan fingerprint density at radius 2 is 1.79 bits per heavy atom. The molecule has 1 aliphatic heterocycles. The normalized spacial score (nSPS) is 13.8. The van der Waals surface area contributed by atoms with Crippen LogP contribution in [0.15, 0.2) is 27.8 Å². The van der Waals surface area contributed by atoms with E-state index in [9.17, 15) is 9.59 Å². The van der Waals surface area contributed by atoms with Crippen LogP contribution >= 0.6 is 0 Å². The van der Waals surface area contributed by atoms with Gasteiger partial charge in [0, 0.05) is 32.9 Å². The van der Waals surface area contributed by atoms with Crippen LogP contribution in [0.1, 0.15) is 11.1 Å². The molecule has 0 saturated carbocycles. The van der Waals surface area contributed by atoms with Crippen molar-refractivity contribution in [1.82, 2.24) is 18.7 Å². The van der Waals surface area contributed by atoms with Crippen molar-refractivity contribution in [2.45, 2.75) is 20.4 Å². The SMILES string of the molecule is Cc1cccc(N2CCn3c2nc2c3c(=O)n(C)c(=O)n2C)c1C. The van der Waals surface area contributed by atoms with E-state index in [4.69, 9.17) is 0 Å². The van der Waals surface area contributed by atoms with Gasteiger partial charge >= 0.3 is 5.69 Å². The Bertz CT molecular complexity index is 1100. The van der Waals surface area contributed by atoms with Crippen LogP contribution in [0.2, 0.25) is 0 Å². The standard InChI is InChI=1S/C17H19N5O2/c1-10-6-5-7-12(11(10)2)21-8-9-22-13-14(18-16(21)22)19(3)17(24)20(4)15(13)23/h5-7H,8-9H2,1-4H3. The maximum atomic E-state index is 12.6. The van der Waals surface area contributed by atoms with Gasteiger partial charge in [0.15, 0.2) is 11.2 Å². The molecule has 0 bridgehead atoms. The number of aromatic nitrogens is 4. The summed E-state index contributed by atoms with van der Waals surface area (Å²) in [7, 11) is 3.15. The Balaban J connectivity index is 2.02. The monoisotopic (exact) mass is 325 g/mol. The molecule has 7 heteroatoms. The number of nitrogens with zero attached hydrogens (tertiary/aromatic N) is 5. The maximum Gasteiger partial charge on any atom is 0.332 e.